The molecule has 228 valence electrons. The van der Waals surface area contributed by atoms with Crippen LogP contribution in [0.4, 0.5) is 0 Å². The van der Waals surface area contributed by atoms with Gasteiger partial charge in [0.1, 0.15) is 5.58 Å². The van der Waals surface area contributed by atoms with E-state index in [-0.39, 0.29) is 0 Å². The molecule has 0 atom stereocenters. The number of aromatic nitrogens is 2. The van der Waals surface area contributed by atoms with Crippen molar-refractivity contribution in [2.24, 2.45) is 0 Å². The van der Waals surface area contributed by atoms with Crippen LogP contribution in [0, 0.1) is 0 Å². The number of rotatable bonds is 4. The molecule has 10 aromatic rings. The van der Waals surface area contributed by atoms with Gasteiger partial charge in [-0.15, -0.1) is 0 Å². The predicted octanol–water partition coefficient (Wildman–Crippen LogP) is 12.5. The first kappa shape index (κ1) is 27.5. The minimum atomic E-state index is 0.582. The Labute approximate surface area is 282 Å². The van der Waals surface area contributed by atoms with Gasteiger partial charge in [0, 0.05) is 16.5 Å². The van der Waals surface area contributed by atoms with Crippen LogP contribution in [-0.4, -0.2) is 9.97 Å². The standard InChI is InChI=1S/C46H28N2O/c1-3-12-29(13-4-1)32-23-25-42-41(28-32)43-44(47-45(48-46(43)49-42)30-14-5-2-6-15-30)34-17-11-16-31(26-34)33-22-24-39-37-20-8-7-18-35(37)36-19-9-10-21-38(36)40(39)27-33/h1-28H. The SMILES string of the molecule is c1ccc(-c2ccc3oc4nc(-c5ccccc5)nc(-c5cccc(-c6ccc7c8ccccc8c8ccccc8c7c6)c5)c4c3c2)cc1. The third-order valence-electron chi connectivity index (χ3n) is 9.68. The van der Waals surface area contributed by atoms with Crippen LogP contribution in [0.25, 0.3) is 99.3 Å². The second-order valence-corrected chi connectivity index (χ2v) is 12.6. The predicted molar refractivity (Wildman–Crippen MR) is 204 cm³/mol. The highest BCUT2D eigenvalue weighted by Gasteiger charge is 2.19. The van der Waals surface area contributed by atoms with Crippen LogP contribution in [0.2, 0.25) is 0 Å². The van der Waals surface area contributed by atoms with E-state index in [1.54, 1.807) is 0 Å². The Kier molecular flexibility index (Phi) is 6.18. The van der Waals surface area contributed by atoms with Crippen molar-refractivity contribution in [2.45, 2.75) is 0 Å². The number of benzene rings is 8. The molecule has 49 heavy (non-hydrogen) atoms. The number of hydrogen-bond donors (Lipinski definition) is 0. The fourth-order valence-electron chi connectivity index (χ4n) is 7.34. The van der Waals surface area contributed by atoms with Crippen LogP contribution in [0.1, 0.15) is 0 Å². The monoisotopic (exact) mass is 624 g/mol. The zero-order valence-corrected chi connectivity index (χ0v) is 26.5. The second-order valence-electron chi connectivity index (χ2n) is 12.6. The molecule has 0 unspecified atom stereocenters. The van der Waals surface area contributed by atoms with Gasteiger partial charge in [0.05, 0.1) is 11.1 Å². The zero-order chi connectivity index (χ0) is 32.3. The molecule has 0 N–H and O–H groups in total. The molecule has 0 amide bonds. The second kappa shape index (κ2) is 11.0. The van der Waals surface area contributed by atoms with Crippen LogP contribution in [-0.2, 0) is 0 Å². The molecule has 0 fully saturated rings. The fraction of sp³-hybridized carbons (Fsp3) is 0. The molecule has 0 saturated heterocycles. The molecule has 0 aliphatic carbocycles. The Hall–Kier alpha value is -6.58. The summed E-state index contributed by atoms with van der Waals surface area (Å²) < 4.78 is 6.46. The van der Waals surface area contributed by atoms with Gasteiger partial charge in [-0.3, -0.25) is 0 Å². The van der Waals surface area contributed by atoms with E-state index in [0.29, 0.717) is 11.5 Å². The van der Waals surface area contributed by atoms with Crippen molar-refractivity contribution in [1.29, 1.82) is 0 Å². The lowest BCUT2D eigenvalue weighted by Crippen LogP contribution is -1.94. The highest BCUT2D eigenvalue weighted by molar-refractivity contribution is 6.25. The average molecular weight is 625 g/mol. The molecule has 3 heteroatoms. The largest absolute Gasteiger partial charge is 0.438 e. The van der Waals surface area contributed by atoms with E-state index in [2.05, 4.69) is 127 Å². The lowest BCUT2D eigenvalue weighted by atomic mass is 9.91. The summed E-state index contributed by atoms with van der Waals surface area (Å²) in [6.45, 7) is 0. The third kappa shape index (κ3) is 4.51. The summed E-state index contributed by atoms with van der Waals surface area (Å²) in [6.07, 6.45) is 0. The third-order valence-corrected chi connectivity index (χ3v) is 9.68. The van der Waals surface area contributed by atoms with Gasteiger partial charge >= 0.3 is 0 Å². The first-order valence-electron chi connectivity index (χ1n) is 16.6. The lowest BCUT2D eigenvalue weighted by Gasteiger charge is -2.13. The average Bonchev–Trinajstić information content (AvgIpc) is 3.56. The molecule has 8 aromatic carbocycles. The summed E-state index contributed by atoms with van der Waals surface area (Å²) >= 11 is 0. The van der Waals surface area contributed by atoms with Crippen molar-refractivity contribution in [3.8, 4) is 44.9 Å². The van der Waals surface area contributed by atoms with E-state index in [0.717, 1.165) is 55.4 Å². The molecule has 0 bridgehead atoms. The maximum absolute atomic E-state index is 6.46. The van der Waals surface area contributed by atoms with Crippen LogP contribution in [0.3, 0.4) is 0 Å². The quantitative estimate of drug-likeness (QED) is 0.183. The topological polar surface area (TPSA) is 38.9 Å². The van der Waals surface area contributed by atoms with Crippen molar-refractivity contribution < 1.29 is 4.42 Å². The minimum absolute atomic E-state index is 0.582. The molecule has 0 aliphatic heterocycles. The lowest BCUT2D eigenvalue weighted by molar-refractivity contribution is 0.653. The maximum Gasteiger partial charge on any atom is 0.231 e. The first-order chi connectivity index (χ1) is 24.3. The highest BCUT2D eigenvalue weighted by atomic mass is 16.3. The fourth-order valence-corrected chi connectivity index (χ4v) is 7.34. The normalized spacial score (nSPS) is 11.7. The minimum Gasteiger partial charge on any atom is -0.438 e. The Balaban J connectivity index is 1.20. The Morgan fingerprint density at radius 3 is 1.55 bits per heavy atom. The van der Waals surface area contributed by atoms with Gasteiger partial charge in [-0.1, -0.05) is 146 Å². The van der Waals surface area contributed by atoms with Gasteiger partial charge in [0.2, 0.25) is 5.71 Å². The van der Waals surface area contributed by atoms with Crippen molar-refractivity contribution in [1.82, 2.24) is 9.97 Å². The molecule has 0 spiro atoms. The Morgan fingerprint density at radius 1 is 0.327 bits per heavy atom. The van der Waals surface area contributed by atoms with Crippen molar-refractivity contribution in [3.63, 3.8) is 0 Å². The van der Waals surface area contributed by atoms with Crippen LogP contribution < -0.4 is 0 Å². The molecule has 0 radical (unpaired) electrons. The van der Waals surface area contributed by atoms with Gasteiger partial charge in [0.25, 0.3) is 0 Å². The number of furan rings is 1. The molecular weight excluding hydrogens is 597 g/mol. The summed E-state index contributed by atoms with van der Waals surface area (Å²) in [7, 11) is 0. The van der Waals surface area contributed by atoms with Crippen molar-refractivity contribution >= 4 is 54.4 Å². The van der Waals surface area contributed by atoms with Crippen molar-refractivity contribution in [3.05, 3.63) is 170 Å². The van der Waals surface area contributed by atoms with E-state index in [1.807, 2.05) is 42.5 Å². The van der Waals surface area contributed by atoms with Crippen molar-refractivity contribution in [2.75, 3.05) is 0 Å². The van der Waals surface area contributed by atoms with Crippen LogP contribution >= 0.6 is 0 Å². The summed E-state index contributed by atoms with van der Waals surface area (Å²) in [5, 5.41) is 9.52. The smallest absolute Gasteiger partial charge is 0.231 e. The highest BCUT2D eigenvalue weighted by Crippen LogP contribution is 2.41. The van der Waals surface area contributed by atoms with Gasteiger partial charge in [-0.05, 0) is 78.8 Å². The maximum atomic E-state index is 6.46. The van der Waals surface area contributed by atoms with E-state index in [9.17, 15) is 0 Å². The molecular formula is C46H28N2O. The Morgan fingerprint density at radius 2 is 0.837 bits per heavy atom. The number of fused-ring (bicyclic) bond motifs is 9. The summed E-state index contributed by atoms with van der Waals surface area (Å²) in [6, 6.07) is 59.9. The van der Waals surface area contributed by atoms with Gasteiger partial charge in [-0.25, -0.2) is 4.98 Å². The molecule has 2 heterocycles. The summed E-state index contributed by atoms with van der Waals surface area (Å²) in [5.74, 6) is 0.639. The van der Waals surface area contributed by atoms with E-state index in [1.165, 1.54) is 32.3 Å². The summed E-state index contributed by atoms with van der Waals surface area (Å²) in [4.78, 5) is 10.2. The van der Waals surface area contributed by atoms with Crippen LogP contribution in [0.5, 0.6) is 0 Å². The molecule has 10 rings (SSSR count). The van der Waals surface area contributed by atoms with E-state index < -0.39 is 0 Å². The first-order valence-corrected chi connectivity index (χ1v) is 16.6. The zero-order valence-electron chi connectivity index (χ0n) is 26.5. The van der Waals surface area contributed by atoms with E-state index >= 15 is 0 Å². The number of hydrogen-bond acceptors (Lipinski definition) is 3. The number of nitrogens with zero attached hydrogens (tertiary/aromatic N) is 2. The summed E-state index contributed by atoms with van der Waals surface area (Å²) in [5.41, 5.74) is 8.75. The van der Waals surface area contributed by atoms with Gasteiger partial charge in [0.15, 0.2) is 5.82 Å². The molecule has 2 aromatic heterocycles. The van der Waals surface area contributed by atoms with Crippen LogP contribution in [0.15, 0.2) is 174 Å². The molecule has 0 saturated carbocycles. The Bertz CT molecular complexity index is 2840. The van der Waals surface area contributed by atoms with E-state index in [4.69, 9.17) is 14.4 Å². The van der Waals surface area contributed by atoms with Gasteiger partial charge < -0.3 is 4.42 Å². The molecule has 0 aliphatic rings. The molecule has 3 nitrogen and oxygen atoms in total. The van der Waals surface area contributed by atoms with Gasteiger partial charge in [-0.2, -0.15) is 4.98 Å².